The number of unbranched alkanes of at least 4 members (excludes halogenated alkanes) is 3. The quantitative estimate of drug-likeness (QED) is 0.274. The molecule has 164 valence electrons. The molecule has 2 aliphatic carbocycles. The average molecular weight is 425 g/mol. The zero-order valence-corrected chi connectivity index (χ0v) is 18.6. The summed E-state index contributed by atoms with van der Waals surface area (Å²) in [5.74, 6) is 4.22. The summed E-state index contributed by atoms with van der Waals surface area (Å²) in [6, 6.07) is 5.31. The van der Waals surface area contributed by atoms with Crippen molar-refractivity contribution in [3.63, 3.8) is 0 Å². The number of rotatable bonds is 6. The van der Waals surface area contributed by atoms with Gasteiger partial charge < -0.3 is 0 Å². The van der Waals surface area contributed by atoms with Crippen LogP contribution in [0.3, 0.4) is 0 Å². The van der Waals surface area contributed by atoms with Gasteiger partial charge in [-0.2, -0.15) is 0 Å². The van der Waals surface area contributed by atoms with Crippen molar-refractivity contribution in [1.29, 1.82) is 0 Å². The molecule has 0 atom stereocenters. The van der Waals surface area contributed by atoms with E-state index in [-0.39, 0.29) is 28.4 Å². The summed E-state index contributed by atoms with van der Waals surface area (Å²) < 4.78 is 44.9. The van der Waals surface area contributed by atoms with E-state index >= 15 is 4.39 Å². The van der Waals surface area contributed by atoms with Crippen LogP contribution in [0.2, 0.25) is 0 Å². The van der Waals surface area contributed by atoms with Crippen molar-refractivity contribution in [3.8, 4) is 34.1 Å². The molecule has 1 fully saturated rings. The van der Waals surface area contributed by atoms with Crippen LogP contribution >= 0.6 is 0 Å². The van der Waals surface area contributed by atoms with E-state index in [1.54, 1.807) is 6.07 Å². The summed E-state index contributed by atoms with van der Waals surface area (Å²) in [6.07, 6.45) is 10.8. The SMILES string of the molecule is CCCC#Cc1cc2c(c(F)c1F)-c1c-2ccc(C2CCC(CCCCC)CC2)c1F. The van der Waals surface area contributed by atoms with Gasteiger partial charge in [0.1, 0.15) is 5.82 Å². The Balaban J connectivity index is 1.55. The highest BCUT2D eigenvalue weighted by Gasteiger charge is 2.35. The summed E-state index contributed by atoms with van der Waals surface area (Å²) in [4.78, 5) is 0. The van der Waals surface area contributed by atoms with Crippen molar-refractivity contribution in [2.75, 3.05) is 0 Å². The molecule has 4 rings (SSSR count). The molecular weight excluding hydrogens is 393 g/mol. The van der Waals surface area contributed by atoms with Crippen molar-refractivity contribution >= 4 is 0 Å². The smallest absolute Gasteiger partial charge is 0.175 e. The molecule has 31 heavy (non-hydrogen) atoms. The molecule has 0 unspecified atom stereocenters. The predicted molar refractivity (Wildman–Crippen MR) is 121 cm³/mol. The molecule has 0 N–H and O–H groups in total. The van der Waals surface area contributed by atoms with Gasteiger partial charge in [-0.15, -0.1) is 0 Å². The fraction of sp³-hybridized carbons (Fsp3) is 0.500. The third kappa shape index (κ3) is 4.14. The Bertz CT molecular complexity index is 1020. The molecule has 2 aromatic rings. The van der Waals surface area contributed by atoms with Gasteiger partial charge in [-0.25, -0.2) is 13.2 Å². The topological polar surface area (TPSA) is 0 Å². The minimum atomic E-state index is -0.971. The van der Waals surface area contributed by atoms with Crippen LogP contribution in [0.4, 0.5) is 13.2 Å². The molecule has 0 saturated heterocycles. The Hall–Kier alpha value is -2.21. The highest BCUT2D eigenvalue weighted by Crippen LogP contribution is 2.53. The first-order chi connectivity index (χ1) is 15.1. The fourth-order valence-corrected chi connectivity index (χ4v) is 5.22. The van der Waals surface area contributed by atoms with Gasteiger partial charge in [0.25, 0.3) is 0 Å². The van der Waals surface area contributed by atoms with Crippen LogP contribution in [0.25, 0.3) is 22.3 Å². The molecule has 0 heterocycles. The van der Waals surface area contributed by atoms with Crippen LogP contribution in [0.1, 0.15) is 95.1 Å². The van der Waals surface area contributed by atoms with Gasteiger partial charge in [-0.1, -0.05) is 63.5 Å². The molecule has 3 heteroatoms. The summed E-state index contributed by atoms with van der Waals surface area (Å²) in [7, 11) is 0. The fourth-order valence-electron chi connectivity index (χ4n) is 5.22. The highest BCUT2D eigenvalue weighted by atomic mass is 19.2. The van der Waals surface area contributed by atoms with E-state index in [1.165, 1.54) is 25.7 Å². The molecule has 2 aromatic carbocycles. The number of hydrogen-bond acceptors (Lipinski definition) is 0. The highest BCUT2D eigenvalue weighted by molar-refractivity contribution is 6.03. The zero-order chi connectivity index (χ0) is 22.0. The van der Waals surface area contributed by atoms with Gasteiger partial charge in [-0.3, -0.25) is 0 Å². The van der Waals surface area contributed by atoms with E-state index in [0.717, 1.165) is 38.0 Å². The lowest BCUT2D eigenvalue weighted by molar-refractivity contribution is 0.299. The molecule has 2 aliphatic rings. The standard InChI is InChI=1S/C28H31F3/c1-3-5-7-9-18-11-13-19(14-12-18)21-15-16-22-23-17-20(10-8-6-4-2)26(29)28(31)25(23)24(22)27(21)30/h15-19H,3-7,9,11-14H2,1-2H3. The molecule has 0 aliphatic heterocycles. The Kier molecular flexibility index (Phi) is 6.75. The van der Waals surface area contributed by atoms with Crippen molar-refractivity contribution in [3.05, 3.63) is 46.8 Å². The van der Waals surface area contributed by atoms with Gasteiger partial charge in [0.05, 0.1) is 5.56 Å². The summed E-state index contributed by atoms with van der Waals surface area (Å²) in [5.41, 5.74) is 2.30. The van der Waals surface area contributed by atoms with Crippen LogP contribution in [0, 0.1) is 35.2 Å². The van der Waals surface area contributed by atoms with Crippen LogP contribution in [0.15, 0.2) is 18.2 Å². The molecule has 0 amide bonds. The second-order valence-electron chi connectivity index (χ2n) is 9.13. The molecule has 0 nitrogen and oxygen atoms in total. The van der Waals surface area contributed by atoms with Gasteiger partial charge in [0.2, 0.25) is 0 Å². The van der Waals surface area contributed by atoms with Crippen molar-refractivity contribution in [2.24, 2.45) is 5.92 Å². The van der Waals surface area contributed by atoms with Crippen molar-refractivity contribution in [2.45, 2.75) is 84.0 Å². The first kappa shape index (κ1) is 22.0. The second-order valence-corrected chi connectivity index (χ2v) is 9.13. The van der Waals surface area contributed by atoms with Gasteiger partial charge in [0.15, 0.2) is 11.6 Å². The molecule has 1 saturated carbocycles. The summed E-state index contributed by atoms with van der Waals surface area (Å²) in [6.45, 7) is 4.21. The zero-order valence-electron chi connectivity index (χ0n) is 18.6. The maximum Gasteiger partial charge on any atom is 0.175 e. The summed E-state index contributed by atoms with van der Waals surface area (Å²) in [5, 5.41) is 0. The van der Waals surface area contributed by atoms with Crippen LogP contribution in [-0.2, 0) is 0 Å². The van der Waals surface area contributed by atoms with E-state index < -0.39 is 11.6 Å². The van der Waals surface area contributed by atoms with Crippen LogP contribution in [-0.4, -0.2) is 0 Å². The molecule has 0 aromatic heterocycles. The van der Waals surface area contributed by atoms with Gasteiger partial charge in [0, 0.05) is 17.5 Å². The van der Waals surface area contributed by atoms with Gasteiger partial charge in [-0.05, 0) is 66.7 Å². The Morgan fingerprint density at radius 3 is 2.29 bits per heavy atom. The monoisotopic (exact) mass is 424 g/mol. The van der Waals surface area contributed by atoms with E-state index in [9.17, 15) is 8.78 Å². The minimum Gasteiger partial charge on any atom is -0.206 e. The van der Waals surface area contributed by atoms with E-state index in [1.807, 2.05) is 19.1 Å². The summed E-state index contributed by atoms with van der Waals surface area (Å²) >= 11 is 0. The minimum absolute atomic E-state index is 0.0567. The van der Waals surface area contributed by atoms with Crippen LogP contribution < -0.4 is 0 Å². The lowest BCUT2D eigenvalue weighted by atomic mass is 9.73. The third-order valence-corrected chi connectivity index (χ3v) is 7.02. The number of benzene rings is 2. The Morgan fingerprint density at radius 2 is 1.58 bits per heavy atom. The van der Waals surface area contributed by atoms with Crippen molar-refractivity contribution < 1.29 is 13.2 Å². The number of fused-ring (bicyclic) bond motifs is 4. The maximum atomic E-state index is 15.5. The van der Waals surface area contributed by atoms with E-state index in [2.05, 4.69) is 18.8 Å². The van der Waals surface area contributed by atoms with Crippen LogP contribution in [0.5, 0.6) is 0 Å². The Morgan fingerprint density at radius 1 is 0.839 bits per heavy atom. The first-order valence-electron chi connectivity index (χ1n) is 11.9. The molecule has 0 radical (unpaired) electrons. The predicted octanol–water partition coefficient (Wildman–Crippen LogP) is 8.76. The average Bonchev–Trinajstić information content (AvgIpc) is 2.76. The third-order valence-electron chi connectivity index (χ3n) is 7.02. The van der Waals surface area contributed by atoms with Crippen molar-refractivity contribution in [1.82, 2.24) is 0 Å². The maximum absolute atomic E-state index is 15.5. The normalized spacial score (nSPS) is 19.1. The lowest BCUT2D eigenvalue weighted by Gasteiger charge is -2.32. The molecule has 0 spiro atoms. The second kappa shape index (κ2) is 9.51. The lowest BCUT2D eigenvalue weighted by Crippen LogP contribution is -2.16. The first-order valence-corrected chi connectivity index (χ1v) is 11.9. The Labute approximate surface area is 184 Å². The number of hydrogen-bond donors (Lipinski definition) is 0. The van der Waals surface area contributed by atoms with E-state index in [0.29, 0.717) is 23.1 Å². The molecule has 0 bridgehead atoms. The largest absolute Gasteiger partial charge is 0.206 e. The molecular formula is C28H31F3. The number of halogens is 3. The van der Waals surface area contributed by atoms with Gasteiger partial charge >= 0.3 is 0 Å². The van der Waals surface area contributed by atoms with E-state index in [4.69, 9.17) is 0 Å².